The molecular weight excluding hydrogens is 275 g/mol. The number of alkyl halides is 3. The van der Waals surface area contributed by atoms with E-state index in [1.807, 2.05) is 0 Å². The average Bonchev–Trinajstić information content (AvgIpc) is 2.67. The maximum Gasteiger partial charge on any atom is 0.420 e. The number of hydrogen-bond acceptors (Lipinski definition) is 2. The van der Waals surface area contributed by atoms with Crippen LogP contribution in [0.1, 0.15) is 23.8 Å². The monoisotopic (exact) mass is 287 g/mol. The van der Waals surface area contributed by atoms with Crippen molar-refractivity contribution in [2.24, 2.45) is 0 Å². The molecule has 6 heteroatoms. The van der Waals surface area contributed by atoms with E-state index >= 15 is 0 Å². The van der Waals surface area contributed by atoms with Gasteiger partial charge in [-0.3, -0.25) is 0 Å². The van der Waals surface area contributed by atoms with Crippen molar-refractivity contribution in [1.29, 1.82) is 0 Å². The van der Waals surface area contributed by atoms with Crippen LogP contribution in [-0.4, -0.2) is 11.5 Å². The number of halogens is 3. The van der Waals surface area contributed by atoms with Gasteiger partial charge in [0, 0.05) is 11.9 Å². The molecule has 2 nitrogen and oxygen atoms in total. The Morgan fingerprint density at radius 1 is 1.37 bits per heavy atom. The van der Waals surface area contributed by atoms with Crippen LogP contribution in [0.25, 0.3) is 11.0 Å². The maximum absolute atomic E-state index is 13.2. The Bertz CT molecular complexity index is 631. The number of benzene rings is 1. The molecule has 102 valence electrons. The summed E-state index contributed by atoms with van der Waals surface area (Å²) in [6.45, 7) is 3.92. The van der Waals surface area contributed by atoms with Crippen molar-refractivity contribution in [3.05, 3.63) is 35.1 Å². The predicted octanol–water partition coefficient (Wildman–Crippen LogP) is 4.05. The van der Waals surface area contributed by atoms with E-state index in [-0.39, 0.29) is 21.7 Å². The van der Waals surface area contributed by atoms with E-state index in [0.717, 1.165) is 5.56 Å². The number of furan rings is 1. The molecule has 0 radical (unpaired) electrons. The Balaban J connectivity index is 2.73. The summed E-state index contributed by atoms with van der Waals surface area (Å²) in [5.41, 5.74) is 0.116. The Kier molecular flexibility index (Phi) is 3.54. The lowest BCUT2D eigenvalue weighted by molar-refractivity contribution is -0.136. The van der Waals surface area contributed by atoms with Crippen molar-refractivity contribution in [3.8, 4) is 0 Å². The van der Waals surface area contributed by atoms with Gasteiger partial charge in [0.2, 0.25) is 0 Å². The standard InChI is InChI=1S/C13H12F3NOS/c1-3-17-12(19)11-10(13(14,15)16)8-6-7(2)4-5-9(8)18-11/h4-6H,3H2,1-2H3,(H,17,19). The van der Waals surface area contributed by atoms with Crippen LogP contribution in [0.5, 0.6) is 0 Å². The molecule has 19 heavy (non-hydrogen) atoms. The topological polar surface area (TPSA) is 25.2 Å². The molecule has 2 rings (SSSR count). The molecule has 0 bridgehead atoms. The normalized spacial score (nSPS) is 11.8. The van der Waals surface area contributed by atoms with Gasteiger partial charge in [-0.2, -0.15) is 13.2 Å². The molecule has 2 aromatic rings. The highest BCUT2D eigenvalue weighted by molar-refractivity contribution is 7.80. The van der Waals surface area contributed by atoms with Gasteiger partial charge in [0.1, 0.15) is 16.1 Å². The summed E-state index contributed by atoms with van der Waals surface area (Å²) < 4.78 is 44.9. The highest BCUT2D eigenvalue weighted by atomic mass is 32.1. The van der Waals surface area contributed by atoms with Crippen molar-refractivity contribution < 1.29 is 17.6 Å². The van der Waals surface area contributed by atoms with E-state index in [4.69, 9.17) is 16.6 Å². The Morgan fingerprint density at radius 2 is 2.05 bits per heavy atom. The summed E-state index contributed by atoms with van der Waals surface area (Å²) in [4.78, 5) is -0.0244. The summed E-state index contributed by atoms with van der Waals surface area (Å²) in [6, 6.07) is 4.68. The number of hydrogen-bond donors (Lipinski definition) is 1. The van der Waals surface area contributed by atoms with Crippen molar-refractivity contribution in [1.82, 2.24) is 5.32 Å². The second kappa shape index (κ2) is 4.85. The van der Waals surface area contributed by atoms with Gasteiger partial charge in [0.25, 0.3) is 0 Å². The van der Waals surface area contributed by atoms with E-state index in [2.05, 4.69) is 5.32 Å². The first-order chi connectivity index (χ1) is 8.84. The van der Waals surface area contributed by atoms with Crippen LogP contribution in [0.2, 0.25) is 0 Å². The molecule has 0 aliphatic carbocycles. The first kappa shape index (κ1) is 13.9. The van der Waals surface area contributed by atoms with Gasteiger partial charge in [-0.1, -0.05) is 23.8 Å². The van der Waals surface area contributed by atoms with Gasteiger partial charge in [0.15, 0.2) is 5.76 Å². The molecular formula is C13H12F3NOS. The van der Waals surface area contributed by atoms with Crippen LogP contribution < -0.4 is 5.32 Å². The van der Waals surface area contributed by atoms with Gasteiger partial charge in [-0.25, -0.2) is 0 Å². The minimum atomic E-state index is -4.51. The highest BCUT2D eigenvalue weighted by Gasteiger charge is 2.39. The number of rotatable bonds is 2. The van der Waals surface area contributed by atoms with Crippen molar-refractivity contribution in [2.45, 2.75) is 20.0 Å². The van der Waals surface area contributed by atoms with Gasteiger partial charge >= 0.3 is 6.18 Å². The number of nitrogens with one attached hydrogen (secondary N) is 1. The first-order valence-electron chi connectivity index (χ1n) is 5.73. The van der Waals surface area contributed by atoms with Crippen LogP contribution >= 0.6 is 12.2 Å². The van der Waals surface area contributed by atoms with Crippen LogP contribution in [0.15, 0.2) is 22.6 Å². The van der Waals surface area contributed by atoms with E-state index in [1.165, 1.54) is 12.1 Å². The fourth-order valence-electron chi connectivity index (χ4n) is 1.89. The lowest BCUT2D eigenvalue weighted by Crippen LogP contribution is -2.23. The van der Waals surface area contributed by atoms with Crippen molar-refractivity contribution in [3.63, 3.8) is 0 Å². The Hall–Kier alpha value is -1.56. The zero-order valence-corrected chi connectivity index (χ0v) is 11.2. The maximum atomic E-state index is 13.2. The predicted molar refractivity (Wildman–Crippen MR) is 71.3 cm³/mol. The lowest BCUT2D eigenvalue weighted by Gasteiger charge is -2.08. The Morgan fingerprint density at radius 3 is 2.63 bits per heavy atom. The molecule has 1 aromatic heterocycles. The quantitative estimate of drug-likeness (QED) is 0.844. The van der Waals surface area contributed by atoms with Crippen LogP contribution in [-0.2, 0) is 6.18 Å². The summed E-state index contributed by atoms with van der Waals surface area (Å²) in [7, 11) is 0. The first-order valence-corrected chi connectivity index (χ1v) is 6.14. The van der Waals surface area contributed by atoms with E-state index < -0.39 is 11.7 Å². The number of thiocarbonyl (C=S) groups is 1. The minimum absolute atomic E-state index is 0.0244. The highest BCUT2D eigenvalue weighted by Crippen LogP contribution is 2.39. The molecule has 0 amide bonds. The largest absolute Gasteiger partial charge is 0.453 e. The van der Waals surface area contributed by atoms with Gasteiger partial charge in [0.05, 0.1) is 0 Å². The number of fused-ring (bicyclic) bond motifs is 1. The van der Waals surface area contributed by atoms with Crippen molar-refractivity contribution >= 4 is 28.2 Å². The van der Waals surface area contributed by atoms with Gasteiger partial charge in [-0.05, 0) is 26.0 Å². The molecule has 1 aromatic carbocycles. The smallest absolute Gasteiger partial charge is 0.420 e. The fourth-order valence-corrected chi connectivity index (χ4v) is 2.18. The second-order valence-electron chi connectivity index (χ2n) is 4.16. The third-order valence-corrected chi connectivity index (χ3v) is 3.00. The number of aryl methyl sites for hydroxylation is 1. The zero-order chi connectivity index (χ0) is 14.2. The zero-order valence-electron chi connectivity index (χ0n) is 10.4. The fraction of sp³-hybridized carbons (Fsp3) is 0.308. The molecule has 0 saturated heterocycles. The van der Waals surface area contributed by atoms with Crippen molar-refractivity contribution in [2.75, 3.05) is 6.54 Å². The average molecular weight is 287 g/mol. The molecule has 1 N–H and O–H groups in total. The molecule has 0 atom stereocenters. The van der Waals surface area contributed by atoms with Crippen LogP contribution in [0.3, 0.4) is 0 Å². The molecule has 0 saturated carbocycles. The third-order valence-electron chi connectivity index (χ3n) is 2.67. The van der Waals surface area contributed by atoms with Gasteiger partial charge < -0.3 is 9.73 Å². The molecule has 0 fully saturated rings. The molecule has 0 aliphatic rings. The third kappa shape index (κ3) is 2.58. The lowest BCUT2D eigenvalue weighted by atomic mass is 10.1. The van der Waals surface area contributed by atoms with Crippen LogP contribution in [0.4, 0.5) is 13.2 Å². The minimum Gasteiger partial charge on any atom is -0.453 e. The molecule has 1 heterocycles. The van der Waals surface area contributed by atoms with E-state index in [0.29, 0.717) is 6.54 Å². The summed E-state index contributed by atoms with van der Waals surface area (Å²) in [5.74, 6) is -0.315. The van der Waals surface area contributed by atoms with Gasteiger partial charge in [-0.15, -0.1) is 0 Å². The molecule has 0 aliphatic heterocycles. The SMILES string of the molecule is CCNC(=S)c1oc2ccc(C)cc2c1C(F)(F)F. The summed E-state index contributed by atoms with van der Waals surface area (Å²) >= 11 is 4.95. The Labute approximate surface area is 113 Å². The summed E-state index contributed by atoms with van der Waals surface area (Å²) in [6.07, 6.45) is -4.51. The molecule has 0 spiro atoms. The molecule has 0 unspecified atom stereocenters. The van der Waals surface area contributed by atoms with E-state index in [1.54, 1.807) is 19.9 Å². The van der Waals surface area contributed by atoms with Crippen LogP contribution in [0, 0.1) is 6.92 Å². The summed E-state index contributed by atoms with van der Waals surface area (Å²) in [5, 5.41) is 2.73. The second-order valence-corrected chi connectivity index (χ2v) is 4.57. The van der Waals surface area contributed by atoms with E-state index in [9.17, 15) is 13.2 Å².